The Morgan fingerprint density at radius 2 is 1.82 bits per heavy atom. The van der Waals surface area contributed by atoms with Crippen LogP contribution in [0.5, 0.6) is 5.75 Å². The van der Waals surface area contributed by atoms with Crippen LogP contribution in [0.2, 0.25) is 0 Å². The van der Waals surface area contributed by atoms with Crippen LogP contribution < -0.4 is 10.1 Å². The van der Waals surface area contributed by atoms with E-state index in [1.165, 1.54) is 6.07 Å². The molecule has 2 aromatic heterocycles. The van der Waals surface area contributed by atoms with Crippen LogP contribution in [-0.4, -0.2) is 62.9 Å². The fourth-order valence-corrected chi connectivity index (χ4v) is 4.51. The van der Waals surface area contributed by atoms with Crippen molar-refractivity contribution in [3.63, 3.8) is 0 Å². The van der Waals surface area contributed by atoms with Crippen LogP contribution in [0.25, 0.3) is 10.9 Å². The summed E-state index contributed by atoms with van der Waals surface area (Å²) in [6.45, 7) is 10.9. The molecule has 0 unspecified atom stereocenters. The minimum absolute atomic E-state index is 0.115. The number of pyridine rings is 1. The minimum Gasteiger partial charge on any atom is -0.489 e. The molecule has 3 aromatic rings. The number of likely N-dealkylation sites (tertiary alicyclic amines) is 1. The van der Waals surface area contributed by atoms with Gasteiger partial charge in [-0.25, -0.2) is 4.98 Å². The number of esters is 1. The Bertz CT molecular complexity index is 1370. The molecule has 0 bridgehead atoms. The van der Waals surface area contributed by atoms with E-state index in [4.69, 9.17) is 14.6 Å². The molecule has 0 atom stereocenters. The molecule has 0 aliphatic carbocycles. The molecule has 1 aliphatic rings. The van der Waals surface area contributed by atoms with E-state index in [9.17, 15) is 22.8 Å². The molecular weight excluding hydrogens is 527 g/mol. The van der Waals surface area contributed by atoms with Gasteiger partial charge in [-0.3, -0.25) is 19.2 Å². The summed E-state index contributed by atoms with van der Waals surface area (Å²) in [4.78, 5) is 30.6. The molecule has 40 heavy (non-hydrogen) atoms. The molecular formula is C28H34F3N5O4. The van der Waals surface area contributed by atoms with Crippen molar-refractivity contribution in [2.75, 3.05) is 25.0 Å². The Hall–Kier alpha value is -3.67. The summed E-state index contributed by atoms with van der Waals surface area (Å²) in [6.07, 6.45) is -1.44. The summed E-state index contributed by atoms with van der Waals surface area (Å²) in [5, 5.41) is 8.12. The number of carbonyl (C=O) groups is 2. The Labute approximate surface area is 230 Å². The first-order chi connectivity index (χ1) is 18.7. The van der Waals surface area contributed by atoms with Gasteiger partial charge in [0.05, 0.1) is 29.9 Å². The van der Waals surface area contributed by atoms with Crippen molar-refractivity contribution in [2.45, 2.75) is 71.4 Å². The van der Waals surface area contributed by atoms with Gasteiger partial charge >= 0.3 is 12.1 Å². The maximum absolute atomic E-state index is 13.1. The number of aromatic nitrogens is 3. The van der Waals surface area contributed by atoms with Crippen LogP contribution in [0.1, 0.15) is 69.7 Å². The van der Waals surface area contributed by atoms with Crippen molar-refractivity contribution >= 4 is 28.5 Å². The van der Waals surface area contributed by atoms with Crippen LogP contribution in [0, 0.1) is 0 Å². The van der Waals surface area contributed by atoms with Gasteiger partial charge in [0.1, 0.15) is 22.7 Å². The third kappa shape index (κ3) is 7.50. The predicted octanol–water partition coefficient (Wildman–Crippen LogP) is 5.47. The number of hydrogen-bond acceptors (Lipinski definition) is 7. The molecule has 1 aromatic carbocycles. The van der Waals surface area contributed by atoms with E-state index in [0.717, 1.165) is 30.4 Å². The van der Waals surface area contributed by atoms with Crippen molar-refractivity contribution in [1.29, 1.82) is 0 Å². The Morgan fingerprint density at radius 3 is 2.45 bits per heavy atom. The fraction of sp³-hybridized carbons (Fsp3) is 0.500. The van der Waals surface area contributed by atoms with Crippen molar-refractivity contribution < 1.29 is 32.2 Å². The molecule has 0 spiro atoms. The van der Waals surface area contributed by atoms with Gasteiger partial charge in [-0.05, 0) is 65.7 Å². The number of nitrogens with zero attached hydrogens (tertiary/aromatic N) is 4. The quantitative estimate of drug-likeness (QED) is 0.382. The van der Waals surface area contributed by atoms with Crippen LogP contribution in [0.3, 0.4) is 0 Å². The van der Waals surface area contributed by atoms with Gasteiger partial charge in [-0.2, -0.15) is 18.3 Å². The number of fused-ring (bicyclic) bond motifs is 1. The monoisotopic (exact) mass is 561 g/mol. The van der Waals surface area contributed by atoms with Crippen molar-refractivity contribution in [3.8, 4) is 5.75 Å². The number of benzene rings is 1. The molecule has 1 N–H and O–H groups in total. The number of anilines is 1. The van der Waals surface area contributed by atoms with Gasteiger partial charge < -0.3 is 14.8 Å². The zero-order valence-corrected chi connectivity index (χ0v) is 23.2. The average Bonchev–Trinajstić information content (AvgIpc) is 3.25. The fourth-order valence-electron chi connectivity index (χ4n) is 4.51. The van der Waals surface area contributed by atoms with Crippen LogP contribution >= 0.6 is 0 Å². The van der Waals surface area contributed by atoms with Crippen molar-refractivity contribution in [2.24, 2.45) is 0 Å². The SMILES string of the molecule is CC(C)Oc1cc2nn(C3CCN(CC(=O)OC(C)(C)C)CC3)cc2cc1NC(=O)c1cccc(C(F)(F)F)n1. The van der Waals surface area contributed by atoms with E-state index in [1.807, 2.05) is 45.5 Å². The highest BCUT2D eigenvalue weighted by atomic mass is 19.4. The summed E-state index contributed by atoms with van der Waals surface area (Å²) in [6, 6.07) is 6.69. The number of nitrogens with one attached hydrogen (secondary N) is 1. The number of amides is 1. The summed E-state index contributed by atoms with van der Waals surface area (Å²) < 4.78 is 52.5. The van der Waals surface area contributed by atoms with E-state index in [2.05, 4.69) is 15.2 Å². The van der Waals surface area contributed by atoms with E-state index in [0.29, 0.717) is 30.0 Å². The second-order valence-corrected chi connectivity index (χ2v) is 11.1. The first kappa shape index (κ1) is 29.3. The zero-order chi connectivity index (χ0) is 29.2. The van der Waals surface area contributed by atoms with Crippen LogP contribution in [-0.2, 0) is 15.7 Å². The smallest absolute Gasteiger partial charge is 0.433 e. The Balaban J connectivity index is 1.50. The van der Waals surface area contributed by atoms with E-state index >= 15 is 0 Å². The standard InChI is InChI=1S/C28H34F3N5O4/c1-17(2)39-23-14-21-18(13-22(23)33-26(38)20-7-6-8-24(32-20)28(29,30)31)15-36(34-21)19-9-11-35(12-10-19)16-25(37)40-27(3,4)5/h6-8,13-15,17,19H,9-12,16H2,1-5H3,(H,33,38). The molecule has 9 nitrogen and oxygen atoms in total. The van der Waals surface area contributed by atoms with Gasteiger partial charge in [0, 0.05) is 30.7 Å². The van der Waals surface area contributed by atoms with Gasteiger partial charge in [0.15, 0.2) is 0 Å². The highest BCUT2D eigenvalue weighted by Crippen LogP contribution is 2.33. The van der Waals surface area contributed by atoms with Crippen LogP contribution in [0.4, 0.5) is 18.9 Å². The second-order valence-electron chi connectivity index (χ2n) is 11.1. The number of carbonyl (C=O) groups excluding carboxylic acids is 2. The first-order valence-electron chi connectivity index (χ1n) is 13.2. The first-order valence-corrected chi connectivity index (χ1v) is 13.2. The van der Waals surface area contributed by atoms with E-state index < -0.39 is 23.4 Å². The molecule has 4 rings (SSSR count). The molecule has 1 aliphatic heterocycles. The Morgan fingerprint density at radius 1 is 1.12 bits per heavy atom. The predicted molar refractivity (Wildman–Crippen MR) is 143 cm³/mol. The molecule has 12 heteroatoms. The minimum atomic E-state index is -4.67. The largest absolute Gasteiger partial charge is 0.489 e. The maximum Gasteiger partial charge on any atom is 0.433 e. The molecule has 1 amide bonds. The lowest BCUT2D eigenvalue weighted by molar-refractivity contribution is -0.156. The molecule has 0 saturated carbocycles. The lowest BCUT2D eigenvalue weighted by Gasteiger charge is -2.32. The normalized spacial score (nSPS) is 15.4. The Kier molecular flexibility index (Phi) is 8.38. The van der Waals surface area contributed by atoms with Crippen LogP contribution in [0.15, 0.2) is 36.5 Å². The lowest BCUT2D eigenvalue weighted by Crippen LogP contribution is -2.40. The van der Waals surface area contributed by atoms with E-state index in [-0.39, 0.29) is 30.4 Å². The molecule has 3 heterocycles. The number of halogens is 3. The number of hydrogen-bond donors (Lipinski definition) is 1. The number of ether oxygens (including phenoxy) is 2. The lowest BCUT2D eigenvalue weighted by atomic mass is 10.1. The van der Waals surface area contributed by atoms with Gasteiger partial charge in [-0.1, -0.05) is 6.07 Å². The molecule has 1 saturated heterocycles. The number of alkyl halides is 3. The van der Waals surface area contributed by atoms with E-state index in [1.54, 1.807) is 12.1 Å². The topological polar surface area (TPSA) is 98.6 Å². The van der Waals surface area contributed by atoms with Crippen molar-refractivity contribution in [1.82, 2.24) is 19.7 Å². The highest BCUT2D eigenvalue weighted by molar-refractivity contribution is 6.05. The highest BCUT2D eigenvalue weighted by Gasteiger charge is 2.33. The van der Waals surface area contributed by atoms with Gasteiger partial charge in [0.2, 0.25) is 0 Å². The third-order valence-corrected chi connectivity index (χ3v) is 6.21. The summed E-state index contributed by atoms with van der Waals surface area (Å²) in [5.41, 5.74) is -1.07. The number of rotatable bonds is 7. The summed E-state index contributed by atoms with van der Waals surface area (Å²) >= 11 is 0. The van der Waals surface area contributed by atoms with Gasteiger partial charge in [-0.15, -0.1) is 0 Å². The molecule has 1 fully saturated rings. The summed E-state index contributed by atoms with van der Waals surface area (Å²) in [5.74, 6) is -0.688. The second kappa shape index (κ2) is 11.4. The zero-order valence-electron chi connectivity index (χ0n) is 23.2. The maximum atomic E-state index is 13.1. The molecule has 216 valence electrons. The average molecular weight is 562 g/mol. The molecule has 0 radical (unpaired) electrons. The summed E-state index contributed by atoms with van der Waals surface area (Å²) in [7, 11) is 0. The number of piperidine rings is 1. The van der Waals surface area contributed by atoms with Gasteiger partial charge in [0.25, 0.3) is 5.91 Å². The third-order valence-electron chi connectivity index (χ3n) is 6.21. The van der Waals surface area contributed by atoms with Crippen molar-refractivity contribution in [3.05, 3.63) is 47.9 Å².